The Labute approximate surface area is 93.7 Å². The minimum absolute atomic E-state index is 0.544. The lowest BCUT2D eigenvalue weighted by Crippen LogP contribution is -2.47. The van der Waals surface area contributed by atoms with Gasteiger partial charge in [0.15, 0.2) is 6.29 Å². The Morgan fingerprint density at radius 1 is 1.25 bits per heavy atom. The number of benzene rings is 1. The number of hydrogen-bond acceptors (Lipinski definition) is 4. The van der Waals surface area contributed by atoms with Crippen molar-refractivity contribution in [2.75, 3.05) is 0 Å². The molecule has 1 saturated heterocycles. The summed E-state index contributed by atoms with van der Waals surface area (Å²) >= 11 is 0. The first-order valence-corrected chi connectivity index (χ1v) is 5.57. The van der Waals surface area contributed by atoms with E-state index in [2.05, 4.69) is 6.07 Å². The van der Waals surface area contributed by atoms with Crippen molar-refractivity contribution in [2.45, 2.75) is 37.8 Å². The van der Waals surface area contributed by atoms with Crippen LogP contribution < -0.4 is 4.74 Å². The summed E-state index contributed by atoms with van der Waals surface area (Å²) in [5.74, 6) is 0.155. The SMILES string of the molecule is OC1CCC2(CCc3ccccc3O2)OO1. The summed E-state index contributed by atoms with van der Waals surface area (Å²) < 4.78 is 5.85. The highest BCUT2D eigenvalue weighted by molar-refractivity contribution is 5.35. The Morgan fingerprint density at radius 2 is 2.12 bits per heavy atom. The highest BCUT2D eigenvalue weighted by Gasteiger charge is 2.42. The summed E-state index contributed by atoms with van der Waals surface area (Å²) in [4.78, 5) is 10.0. The summed E-state index contributed by atoms with van der Waals surface area (Å²) in [6, 6.07) is 7.93. The van der Waals surface area contributed by atoms with Gasteiger partial charge in [-0.1, -0.05) is 18.2 Å². The number of ether oxygens (including phenoxy) is 1. The van der Waals surface area contributed by atoms with E-state index >= 15 is 0 Å². The van der Waals surface area contributed by atoms with E-state index in [1.807, 2.05) is 18.2 Å². The van der Waals surface area contributed by atoms with Crippen LogP contribution in [0.4, 0.5) is 0 Å². The van der Waals surface area contributed by atoms with Gasteiger partial charge in [0, 0.05) is 19.3 Å². The lowest BCUT2D eigenvalue weighted by Gasteiger charge is -2.40. The van der Waals surface area contributed by atoms with E-state index in [1.165, 1.54) is 5.56 Å². The zero-order chi connectivity index (χ0) is 11.0. The molecule has 2 unspecified atom stereocenters. The third kappa shape index (κ3) is 1.69. The molecule has 1 aromatic rings. The maximum Gasteiger partial charge on any atom is 0.241 e. The topological polar surface area (TPSA) is 47.9 Å². The van der Waals surface area contributed by atoms with Gasteiger partial charge < -0.3 is 9.84 Å². The summed E-state index contributed by atoms with van der Waals surface area (Å²) in [5, 5.41) is 9.22. The maximum absolute atomic E-state index is 9.22. The van der Waals surface area contributed by atoms with Crippen molar-refractivity contribution in [3.05, 3.63) is 29.8 Å². The van der Waals surface area contributed by atoms with Crippen molar-refractivity contribution in [3.63, 3.8) is 0 Å². The molecule has 16 heavy (non-hydrogen) atoms. The van der Waals surface area contributed by atoms with Gasteiger partial charge in [0.1, 0.15) is 5.75 Å². The van der Waals surface area contributed by atoms with E-state index < -0.39 is 12.1 Å². The monoisotopic (exact) mass is 222 g/mol. The van der Waals surface area contributed by atoms with Crippen molar-refractivity contribution >= 4 is 0 Å². The maximum atomic E-state index is 9.22. The molecule has 1 fully saturated rings. The lowest BCUT2D eigenvalue weighted by molar-refractivity contribution is -0.482. The summed E-state index contributed by atoms with van der Waals surface area (Å²) in [7, 11) is 0. The van der Waals surface area contributed by atoms with Crippen molar-refractivity contribution < 1.29 is 19.6 Å². The average molecular weight is 222 g/mol. The molecule has 0 saturated carbocycles. The fourth-order valence-corrected chi connectivity index (χ4v) is 2.20. The fraction of sp³-hybridized carbons (Fsp3) is 0.500. The predicted molar refractivity (Wildman–Crippen MR) is 55.5 cm³/mol. The first kappa shape index (κ1) is 10.1. The number of aliphatic hydroxyl groups excluding tert-OH is 1. The Morgan fingerprint density at radius 3 is 2.94 bits per heavy atom. The minimum Gasteiger partial charge on any atom is -0.459 e. The van der Waals surface area contributed by atoms with E-state index in [-0.39, 0.29) is 0 Å². The van der Waals surface area contributed by atoms with Gasteiger partial charge in [-0.05, 0) is 18.1 Å². The quantitative estimate of drug-likeness (QED) is 0.679. The normalized spacial score (nSPS) is 33.2. The van der Waals surface area contributed by atoms with Gasteiger partial charge in [-0.2, -0.15) is 4.89 Å². The standard InChI is InChI=1S/C12H14O4/c13-11-6-8-12(16-15-11)7-5-9-3-1-2-4-10(9)14-12/h1-4,11,13H,5-8H2. The molecule has 0 aromatic heterocycles. The third-order valence-electron chi connectivity index (χ3n) is 3.13. The van der Waals surface area contributed by atoms with E-state index in [4.69, 9.17) is 14.5 Å². The van der Waals surface area contributed by atoms with Crippen LogP contribution in [0.25, 0.3) is 0 Å². The molecule has 0 bridgehead atoms. The number of hydrogen-bond donors (Lipinski definition) is 1. The summed E-state index contributed by atoms with van der Waals surface area (Å²) in [6.45, 7) is 0. The molecule has 0 aliphatic carbocycles. The van der Waals surface area contributed by atoms with Crippen LogP contribution in [-0.2, 0) is 16.2 Å². The molecule has 1 N–H and O–H groups in total. The number of aryl methyl sites for hydroxylation is 1. The molecular formula is C12H14O4. The highest BCUT2D eigenvalue weighted by Crippen LogP contribution is 2.39. The predicted octanol–water partition coefficient (Wildman–Crippen LogP) is 1.77. The van der Waals surface area contributed by atoms with E-state index in [0.29, 0.717) is 12.8 Å². The number of para-hydroxylation sites is 1. The molecular weight excluding hydrogens is 208 g/mol. The Bertz CT molecular complexity index is 382. The van der Waals surface area contributed by atoms with Gasteiger partial charge in [0.05, 0.1) is 0 Å². The van der Waals surface area contributed by atoms with Crippen LogP contribution in [0.1, 0.15) is 24.8 Å². The summed E-state index contributed by atoms with van der Waals surface area (Å²) in [5.41, 5.74) is 1.20. The zero-order valence-corrected chi connectivity index (χ0v) is 8.89. The third-order valence-corrected chi connectivity index (χ3v) is 3.13. The van der Waals surface area contributed by atoms with Crippen molar-refractivity contribution in [3.8, 4) is 5.75 Å². The Hall–Kier alpha value is -1.10. The number of fused-ring (bicyclic) bond motifs is 1. The fourth-order valence-electron chi connectivity index (χ4n) is 2.20. The molecule has 86 valence electrons. The van der Waals surface area contributed by atoms with Gasteiger partial charge in [-0.25, -0.2) is 4.89 Å². The second-order valence-electron chi connectivity index (χ2n) is 4.29. The van der Waals surface area contributed by atoms with Crippen LogP contribution in [0, 0.1) is 0 Å². The van der Waals surface area contributed by atoms with Crippen LogP contribution in [-0.4, -0.2) is 17.2 Å². The molecule has 4 nitrogen and oxygen atoms in total. The van der Waals surface area contributed by atoms with Crippen molar-refractivity contribution in [1.29, 1.82) is 0 Å². The largest absolute Gasteiger partial charge is 0.459 e. The molecule has 2 atom stereocenters. The first-order chi connectivity index (χ1) is 7.77. The molecule has 4 heteroatoms. The van der Waals surface area contributed by atoms with Crippen LogP contribution in [0.3, 0.4) is 0 Å². The number of aliphatic hydroxyl groups is 1. The molecule has 0 amide bonds. The van der Waals surface area contributed by atoms with E-state index in [1.54, 1.807) is 0 Å². The second kappa shape index (κ2) is 3.73. The van der Waals surface area contributed by atoms with Crippen LogP contribution in [0.15, 0.2) is 24.3 Å². The van der Waals surface area contributed by atoms with Gasteiger partial charge in [-0.3, -0.25) is 0 Å². The van der Waals surface area contributed by atoms with Crippen LogP contribution in [0.2, 0.25) is 0 Å². The zero-order valence-electron chi connectivity index (χ0n) is 8.89. The average Bonchev–Trinajstić information content (AvgIpc) is 2.33. The van der Waals surface area contributed by atoms with Crippen LogP contribution >= 0.6 is 0 Å². The van der Waals surface area contributed by atoms with Crippen molar-refractivity contribution in [1.82, 2.24) is 0 Å². The first-order valence-electron chi connectivity index (χ1n) is 5.57. The van der Waals surface area contributed by atoms with Crippen LogP contribution in [0.5, 0.6) is 5.75 Å². The molecule has 2 aliphatic heterocycles. The smallest absolute Gasteiger partial charge is 0.241 e. The summed E-state index contributed by atoms with van der Waals surface area (Å²) in [6.07, 6.45) is 2.04. The minimum atomic E-state index is -0.827. The van der Waals surface area contributed by atoms with E-state index in [9.17, 15) is 5.11 Å². The lowest BCUT2D eigenvalue weighted by atomic mass is 9.96. The molecule has 1 aromatic carbocycles. The molecule has 1 spiro atoms. The number of rotatable bonds is 0. The molecule has 2 heterocycles. The molecule has 3 rings (SSSR count). The van der Waals surface area contributed by atoms with E-state index in [0.717, 1.165) is 18.6 Å². The van der Waals surface area contributed by atoms with Crippen molar-refractivity contribution in [2.24, 2.45) is 0 Å². The highest BCUT2D eigenvalue weighted by atomic mass is 17.3. The van der Waals surface area contributed by atoms with Gasteiger partial charge in [0.25, 0.3) is 0 Å². The van der Waals surface area contributed by atoms with Gasteiger partial charge >= 0.3 is 0 Å². The second-order valence-corrected chi connectivity index (χ2v) is 4.29. The van der Waals surface area contributed by atoms with Gasteiger partial charge in [-0.15, -0.1) is 0 Å². The Balaban J connectivity index is 1.82. The molecule has 2 aliphatic rings. The Kier molecular flexibility index (Phi) is 2.35. The molecule has 0 radical (unpaired) electrons. The van der Waals surface area contributed by atoms with Gasteiger partial charge in [0.2, 0.25) is 5.79 Å².